The van der Waals surface area contributed by atoms with Crippen LogP contribution >= 0.6 is 0 Å². The highest BCUT2D eigenvalue weighted by molar-refractivity contribution is 5.86. The number of likely N-dealkylation sites (tertiary alicyclic amines) is 1. The quantitative estimate of drug-likeness (QED) is 0.896. The SMILES string of the molecule is CC(=O)N[C@@H](C)C(=O)N1CCCC[C@H]1c1nnc(CC(F)(F)F)o1. The van der Waals surface area contributed by atoms with Gasteiger partial charge in [0.2, 0.25) is 23.6 Å². The highest BCUT2D eigenvalue weighted by Crippen LogP contribution is 2.31. The minimum atomic E-state index is -4.44. The van der Waals surface area contributed by atoms with E-state index in [1.165, 1.54) is 11.8 Å². The molecule has 2 rings (SSSR count). The van der Waals surface area contributed by atoms with E-state index in [1.807, 2.05) is 0 Å². The Morgan fingerprint density at radius 2 is 2.08 bits per heavy atom. The molecule has 1 aromatic heterocycles. The molecule has 1 fully saturated rings. The molecule has 1 saturated heterocycles. The van der Waals surface area contributed by atoms with E-state index in [2.05, 4.69) is 15.5 Å². The highest BCUT2D eigenvalue weighted by atomic mass is 19.4. The number of alkyl halides is 3. The lowest BCUT2D eigenvalue weighted by atomic mass is 10.0. The van der Waals surface area contributed by atoms with Crippen LogP contribution in [-0.2, 0) is 16.0 Å². The van der Waals surface area contributed by atoms with Crippen molar-refractivity contribution in [1.29, 1.82) is 0 Å². The number of halogens is 3. The van der Waals surface area contributed by atoms with Gasteiger partial charge in [-0.05, 0) is 26.2 Å². The molecule has 10 heteroatoms. The molecule has 1 N–H and O–H groups in total. The molecule has 2 heterocycles. The van der Waals surface area contributed by atoms with Gasteiger partial charge in [-0.1, -0.05) is 0 Å². The first-order chi connectivity index (χ1) is 11.2. The molecule has 7 nitrogen and oxygen atoms in total. The molecular weight excluding hydrogens is 329 g/mol. The summed E-state index contributed by atoms with van der Waals surface area (Å²) in [6.07, 6.45) is -3.67. The molecule has 24 heavy (non-hydrogen) atoms. The normalized spacial score (nSPS) is 19.9. The number of carbonyl (C=O) groups excluding carboxylic acids is 2. The van der Waals surface area contributed by atoms with Crippen LogP contribution in [0.1, 0.15) is 50.9 Å². The third-order valence-electron chi connectivity index (χ3n) is 3.70. The van der Waals surface area contributed by atoms with Crippen LogP contribution in [0.2, 0.25) is 0 Å². The zero-order valence-corrected chi connectivity index (χ0v) is 13.4. The second kappa shape index (κ2) is 7.18. The number of carbonyl (C=O) groups is 2. The predicted molar refractivity (Wildman–Crippen MR) is 75.6 cm³/mol. The van der Waals surface area contributed by atoms with E-state index in [4.69, 9.17) is 4.42 Å². The predicted octanol–water partition coefficient (Wildman–Crippen LogP) is 1.75. The fourth-order valence-corrected chi connectivity index (χ4v) is 2.71. The summed E-state index contributed by atoms with van der Waals surface area (Å²) in [6.45, 7) is 3.28. The maximum atomic E-state index is 12.5. The van der Waals surface area contributed by atoms with Gasteiger partial charge in [-0.2, -0.15) is 13.2 Å². The van der Waals surface area contributed by atoms with E-state index >= 15 is 0 Å². The fourth-order valence-electron chi connectivity index (χ4n) is 2.71. The van der Waals surface area contributed by atoms with Gasteiger partial charge in [0.1, 0.15) is 18.5 Å². The van der Waals surface area contributed by atoms with Gasteiger partial charge in [0.25, 0.3) is 0 Å². The summed E-state index contributed by atoms with van der Waals surface area (Å²) >= 11 is 0. The Bertz CT molecular complexity index is 602. The largest absolute Gasteiger partial charge is 0.423 e. The van der Waals surface area contributed by atoms with Crippen molar-refractivity contribution in [3.8, 4) is 0 Å². The molecule has 0 bridgehead atoms. The number of aromatic nitrogens is 2. The number of nitrogens with zero attached hydrogens (tertiary/aromatic N) is 3. The maximum absolute atomic E-state index is 12.5. The Hall–Kier alpha value is -2.13. The van der Waals surface area contributed by atoms with E-state index < -0.39 is 30.6 Å². The summed E-state index contributed by atoms with van der Waals surface area (Å²) in [6, 6.07) is -1.31. The Labute approximate surface area is 136 Å². The molecule has 0 saturated carbocycles. The molecule has 1 aliphatic heterocycles. The highest BCUT2D eigenvalue weighted by Gasteiger charge is 2.36. The molecule has 0 spiro atoms. The number of hydrogen-bond acceptors (Lipinski definition) is 5. The van der Waals surface area contributed by atoms with Crippen LogP contribution in [0.15, 0.2) is 4.42 Å². The van der Waals surface area contributed by atoms with Crippen molar-refractivity contribution >= 4 is 11.8 Å². The number of rotatable bonds is 4. The fraction of sp³-hybridized carbons (Fsp3) is 0.714. The van der Waals surface area contributed by atoms with Crippen LogP contribution < -0.4 is 5.32 Å². The van der Waals surface area contributed by atoms with Gasteiger partial charge in [-0.15, -0.1) is 10.2 Å². The zero-order chi connectivity index (χ0) is 17.9. The van der Waals surface area contributed by atoms with E-state index in [-0.39, 0.29) is 17.7 Å². The second-order valence-electron chi connectivity index (χ2n) is 5.79. The van der Waals surface area contributed by atoms with Crippen LogP contribution in [0.3, 0.4) is 0 Å². The van der Waals surface area contributed by atoms with Gasteiger partial charge in [-0.3, -0.25) is 9.59 Å². The van der Waals surface area contributed by atoms with Crippen molar-refractivity contribution in [2.45, 2.75) is 57.8 Å². The molecule has 0 aliphatic carbocycles. The third-order valence-corrected chi connectivity index (χ3v) is 3.70. The standard InChI is InChI=1S/C14H19F3N4O3/c1-8(18-9(2)22)13(23)21-6-4-3-5-10(21)12-20-19-11(24-12)7-14(15,16)17/h8,10H,3-7H2,1-2H3,(H,18,22)/t8-,10-/m0/s1. The lowest BCUT2D eigenvalue weighted by molar-refractivity contribution is -0.140. The maximum Gasteiger partial charge on any atom is 0.397 e. The van der Waals surface area contributed by atoms with Gasteiger partial charge in [0, 0.05) is 13.5 Å². The summed E-state index contributed by atoms with van der Waals surface area (Å²) in [5.41, 5.74) is 0. The summed E-state index contributed by atoms with van der Waals surface area (Å²) in [7, 11) is 0. The average Bonchev–Trinajstić information content (AvgIpc) is 2.92. The van der Waals surface area contributed by atoms with Crippen molar-refractivity contribution in [2.75, 3.05) is 6.54 Å². The molecule has 0 radical (unpaired) electrons. The van der Waals surface area contributed by atoms with E-state index in [1.54, 1.807) is 6.92 Å². The molecule has 1 aliphatic rings. The average molecular weight is 348 g/mol. The van der Waals surface area contributed by atoms with Crippen LogP contribution in [0.4, 0.5) is 13.2 Å². The molecule has 134 valence electrons. The minimum Gasteiger partial charge on any atom is -0.423 e. The summed E-state index contributed by atoms with van der Waals surface area (Å²) < 4.78 is 42.3. The molecule has 2 atom stereocenters. The van der Waals surface area contributed by atoms with Crippen LogP contribution in [0, 0.1) is 0 Å². The molecular formula is C14H19F3N4O3. The van der Waals surface area contributed by atoms with Crippen LogP contribution in [-0.4, -0.2) is 45.7 Å². The molecule has 1 aromatic rings. The first-order valence-corrected chi connectivity index (χ1v) is 7.64. The number of nitrogens with one attached hydrogen (secondary N) is 1. The van der Waals surface area contributed by atoms with Crippen LogP contribution in [0.25, 0.3) is 0 Å². The van der Waals surface area contributed by atoms with E-state index in [0.29, 0.717) is 13.0 Å². The monoisotopic (exact) mass is 348 g/mol. The van der Waals surface area contributed by atoms with Crippen LogP contribution in [0.5, 0.6) is 0 Å². The van der Waals surface area contributed by atoms with Crippen molar-refractivity contribution in [2.24, 2.45) is 0 Å². The molecule has 0 aromatic carbocycles. The van der Waals surface area contributed by atoms with E-state index in [9.17, 15) is 22.8 Å². The number of hydrogen-bond donors (Lipinski definition) is 1. The van der Waals surface area contributed by atoms with Gasteiger partial charge < -0.3 is 14.6 Å². The summed E-state index contributed by atoms with van der Waals surface area (Å²) in [4.78, 5) is 25.1. The molecule has 2 amide bonds. The summed E-state index contributed by atoms with van der Waals surface area (Å²) in [5.74, 6) is -1.19. The van der Waals surface area contributed by atoms with Gasteiger partial charge in [0.15, 0.2) is 0 Å². The van der Waals surface area contributed by atoms with Gasteiger partial charge >= 0.3 is 6.18 Å². The van der Waals surface area contributed by atoms with Gasteiger partial charge in [-0.25, -0.2) is 0 Å². The minimum absolute atomic E-state index is 0.00248. The smallest absolute Gasteiger partial charge is 0.397 e. The van der Waals surface area contributed by atoms with Crippen molar-refractivity contribution < 1.29 is 27.2 Å². The summed E-state index contributed by atoms with van der Waals surface area (Å²) in [5, 5.41) is 9.60. The first kappa shape index (κ1) is 18.2. The van der Waals surface area contributed by atoms with Crippen molar-refractivity contribution in [3.05, 3.63) is 11.8 Å². The van der Waals surface area contributed by atoms with E-state index in [0.717, 1.165) is 12.8 Å². The topological polar surface area (TPSA) is 88.3 Å². The molecule has 0 unspecified atom stereocenters. The Morgan fingerprint density at radius 3 is 2.71 bits per heavy atom. The van der Waals surface area contributed by atoms with Crippen molar-refractivity contribution in [3.63, 3.8) is 0 Å². The number of piperidine rings is 1. The lowest BCUT2D eigenvalue weighted by Gasteiger charge is -2.35. The Morgan fingerprint density at radius 1 is 1.38 bits per heavy atom. The second-order valence-corrected chi connectivity index (χ2v) is 5.79. The van der Waals surface area contributed by atoms with Crippen molar-refractivity contribution in [1.82, 2.24) is 20.4 Å². The lowest BCUT2D eigenvalue weighted by Crippen LogP contribution is -2.49. The Kier molecular flexibility index (Phi) is 5.45. The third kappa shape index (κ3) is 4.68. The Balaban J connectivity index is 2.14. The zero-order valence-electron chi connectivity index (χ0n) is 13.4. The van der Waals surface area contributed by atoms with Gasteiger partial charge in [0.05, 0.1) is 0 Å². The first-order valence-electron chi connectivity index (χ1n) is 7.64. The number of amides is 2.